The first-order valence-corrected chi connectivity index (χ1v) is 13.4. The number of ether oxygens (including phenoxy) is 2. The number of amides is 1. The Morgan fingerprint density at radius 2 is 1.47 bits per heavy atom. The van der Waals surface area contributed by atoms with Crippen LogP contribution < -0.4 is 14.8 Å². The number of hydrogen-bond acceptors (Lipinski definition) is 3. The van der Waals surface area contributed by atoms with Gasteiger partial charge in [-0.1, -0.05) is 91.9 Å². The lowest BCUT2D eigenvalue weighted by Gasteiger charge is -2.53. The standard InChI is InChI=1S/C34H33NO3/c1-4-21-37-25-19-20-27-29(22-25)38-33(2,3)31(34(27)26-17-11-12-18-28(26)35-32(34)36)30(23-13-7-5-8-14-23)24-15-9-6-10-16-24/h5-20,22,30-31H,4,21H2,1-3H3,(H,35,36)/t31?,34-/m1/s1. The molecule has 38 heavy (non-hydrogen) atoms. The lowest BCUT2D eigenvalue weighted by molar-refractivity contribution is -0.127. The van der Waals surface area contributed by atoms with Gasteiger partial charge in [0.2, 0.25) is 5.91 Å². The van der Waals surface area contributed by atoms with Crippen molar-refractivity contribution in [2.75, 3.05) is 11.9 Å². The molecule has 4 heteroatoms. The molecule has 0 fully saturated rings. The average Bonchev–Trinajstić information content (AvgIpc) is 3.22. The van der Waals surface area contributed by atoms with Crippen molar-refractivity contribution >= 4 is 11.6 Å². The minimum Gasteiger partial charge on any atom is -0.493 e. The summed E-state index contributed by atoms with van der Waals surface area (Å²) in [6.07, 6.45) is 0.918. The van der Waals surface area contributed by atoms with E-state index in [1.165, 1.54) is 0 Å². The first kappa shape index (κ1) is 24.3. The Hall–Kier alpha value is -4.05. The minimum absolute atomic E-state index is 0.0135. The number of rotatable bonds is 6. The van der Waals surface area contributed by atoms with E-state index in [2.05, 4.69) is 80.7 Å². The van der Waals surface area contributed by atoms with E-state index in [9.17, 15) is 4.79 Å². The fourth-order valence-corrected chi connectivity index (χ4v) is 6.66. The highest BCUT2D eigenvalue weighted by atomic mass is 16.5. The largest absolute Gasteiger partial charge is 0.493 e. The molecule has 1 spiro atoms. The third-order valence-electron chi connectivity index (χ3n) is 8.05. The molecule has 0 aliphatic carbocycles. The van der Waals surface area contributed by atoms with Gasteiger partial charge in [-0.2, -0.15) is 0 Å². The number of carbonyl (C=O) groups is 1. The van der Waals surface area contributed by atoms with Crippen LogP contribution in [0.25, 0.3) is 0 Å². The van der Waals surface area contributed by atoms with E-state index < -0.39 is 11.0 Å². The van der Waals surface area contributed by atoms with Crippen LogP contribution in [0.5, 0.6) is 11.5 Å². The average molecular weight is 504 g/mol. The van der Waals surface area contributed by atoms with Crippen molar-refractivity contribution < 1.29 is 14.3 Å². The molecule has 4 aromatic rings. The summed E-state index contributed by atoms with van der Waals surface area (Å²) in [5.74, 6) is 1.09. The summed E-state index contributed by atoms with van der Waals surface area (Å²) in [4.78, 5) is 14.5. The molecule has 6 rings (SSSR count). The summed E-state index contributed by atoms with van der Waals surface area (Å²) < 4.78 is 12.8. The second-order valence-electron chi connectivity index (χ2n) is 10.8. The van der Waals surface area contributed by atoms with Gasteiger partial charge in [0.25, 0.3) is 0 Å². The van der Waals surface area contributed by atoms with Gasteiger partial charge >= 0.3 is 0 Å². The third kappa shape index (κ3) is 3.70. The molecular weight excluding hydrogens is 470 g/mol. The van der Waals surface area contributed by atoms with Crippen LogP contribution in [-0.2, 0) is 10.2 Å². The van der Waals surface area contributed by atoms with Crippen LogP contribution in [0.3, 0.4) is 0 Å². The van der Waals surface area contributed by atoms with Gasteiger partial charge in [0.05, 0.1) is 6.61 Å². The Morgan fingerprint density at radius 1 is 0.842 bits per heavy atom. The zero-order valence-electron chi connectivity index (χ0n) is 22.1. The number of carbonyl (C=O) groups excluding carboxylic acids is 1. The summed E-state index contributed by atoms with van der Waals surface area (Å²) in [6, 6.07) is 35.1. The molecule has 1 unspecified atom stereocenters. The predicted octanol–water partition coefficient (Wildman–Crippen LogP) is 7.33. The highest BCUT2D eigenvalue weighted by Crippen LogP contribution is 2.62. The molecule has 4 nitrogen and oxygen atoms in total. The maximum absolute atomic E-state index is 14.5. The predicted molar refractivity (Wildman–Crippen MR) is 151 cm³/mol. The van der Waals surface area contributed by atoms with E-state index in [1.807, 2.05) is 48.5 Å². The first-order chi connectivity index (χ1) is 18.5. The van der Waals surface area contributed by atoms with Gasteiger partial charge < -0.3 is 14.8 Å². The molecule has 0 radical (unpaired) electrons. The normalized spacial score (nSPS) is 20.9. The van der Waals surface area contributed by atoms with Gasteiger partial charge in [0.15, 0.2) is 0 Å². The SMILES string of the molecule is CCCOc1ccc2c(c1)OC(C)(C)C(C(c1ccccc1)c1ccccc1)[C@]21C(=O)Nc2ccccc21. The van der Waals surface area contributed by atoms with Gasteiger partial charge in [-0.25, -0.2) is 0 Å². The van der Waals surface area contributed by atoms with Crippen molar-refractivity contribution in [3.63, 3.8) is 0 Å². The summed E-state index contributed by atoms with van der Waals surface area (Å²) >= 11 is 0. The van der Waals surface area contributed by atoms with Crippen molar-refractivity contribution in [2.24, 2.45) is 5.92 Å². The Bertz CT molecular complexity index is 1420. The van der Waals surface area contributed by atoms with Crippen LogP contribution in [0.15, 0.2) is 103 Å². The lowest BCUT2D eigenvalue weighted by Crippen LogP contribution is -2.59. The van der Waals surface area contributed by atoms with Crippen LogP contribution in [0, 0.1) is 5.92 Å². The van der Waals surface area contributed by atoms with Gasteiger partial charge in [0, 0.05) is 29.2 Å². The first-order valence-electron chi connectivity index (χ1n) is 13.4. The molecule has 4 aromatic carbocycles. The Balaban J connectivity index is 1.67. The fourth-order valence-electron chi connectivity index (χ4n) is 6.66. The molecule has 0 saturated heterocycles. The topological polar surface area (TPSA) is 47.6 Å². The van der Waals surface area contributed by atoms with Gasteiger partial charge in [-0.15, -0.1) is 0 Å². The van der Waals surface area contributed by atoms with Crippen LogP contribution in [0.1, 0.15) is 55.4 Å². The minimum atomic E-state index is -0.965. The quantitative estimate of drug-likeness (QED) is 0.300. The molecule has 0 saturated carbocycles. The van der Waals surface area contributed by atoms with Crippen LogP contribution >= 0.6 is 0 Å². The number of benzene rings is 4. The van der Waals surface area contributed by atoms with E-state index in [-0.39, 0.29) is 17.7 Å². The van der Waals surface area contributed by atoms with E-state index in [0.29, 0.717) is 12.4 Å². The highest BCUT2D eigenvalue weighted by Gasteiger charge is 2.64. The van der Waals surface area contributed by atoms with Crippen LogP contribution in [0.4, 0.5) is 5.69 Å². The molecule has 2 heterocycles. The van der Waals surface area contributed by atoms with Crippen molar-refractivity contribution in [1.82, 2.24) is 0 Å². The van der Waals surface area contributed by atoms with E-state index >= 15 is 0 Å². The van der Waals surface area contributed by atoms with E-state index in [4.69, 9.17) is 9.47 Å². The number of hydrogen-bond donors (Lipinski definition) is 1. The molecule has 2 aliphatic rings. The number of nitrogens with one attached hydrogen (secondary N) is 1. The molecular formula is C34H33NO3. The van der Waals surface area contributed by atoms with Gasteiger partial charge in [-0.3, -0.25) is 4.79 Å². The Labute approximate surface area is 224 Å². The maximum Gasteiger partial charge on any atom is 0.240 e. The van der Waals surface area contributed by atoms with E-state index in [0.717, 1.165) is 40.1 Å². The third-order valence-corrected chi connectivity index (χ3v) is 8.05. The summed E-state index contributed by atoms with van der Waals surface area (Å²) in [5.41, 5.74) is 3.37. The van der Waals surface area contributed by atoms with Crippen molar-refractivity contribution in [3.05, 3.63) is 125 Å². The summed E-state index contributed by atoms with van der Waals surface area (Å²) in [6.45, 7) is 6.96. The van der Waals surface area contributed by atoms with Crippen LogP contribution in [-0.4, -0.2) is 18.1 Å². The molecule has 1 N–H and O–H groups in total. The maximum atomic E-state index is 14.5. The zero-order valence-corrected chi connectivity index (χ0v) is 22.1. The molecule has 0 bridgehead atoms. The molecule has 1 amide bonds. The molecule has 192 valence electrons. The molecule has 0 aromatic heterocycles. The summed E-state index contributed by atoms with van der Waals surface area (Å²) in [5, 5.41) is 3.25. The highest BCUT2D eigenvalue weighted by molar-refractivity contribution is 6.10. The second kappa shape index (κ2) is 9.36. The van der Waals surface area contributed by atoms with Gasteiger partial charge in [0.1, 0.15) is 22.5 Å². The number of anilines is 1. The Kier molecular flexibility index (Phi) is 5.98. The second-order valence-corrected chi connectivity index (χ2v) is 10.8. The van der Waals surface area contributed by atoms with E-state index in [1.54, 1.807) is 0 Å². The van der Waals surface area contributed by atoms with Crippen molar-refractivity contribution in [1.29, 1.82) is 0 Å². The number of fused-ring (bicyclic) bond motifs is 4. The Morgan fingerprint density at radius 3 is 2.13 bits per heavy atom. The smallest absolute Gasteiger partial charge is 0.240 e. The summed E-state index contributed by atoms with van der Waals surface area (Å²) in [7, 11) is 0. The monoisotopic (exact) mass is 503 g/mol. The molecule has 2 aliphatic heterocycles. The zero-order chi connectivity index (χ0) is 26.3. The van der Waals surface area contributed by atoms with Crippen LogP contribution in [0.2, 0.25) is 0 Å². The fraction of sp³-hybridized carbons (Fsp3) is 0.265. The van der Waals surface area contributed by atoms with Crippen molar-refractivity contribution in [3.8, 4) is 11.5 Å². The lowest BCUT2D eigenvalue weighted by atomic mass is 9.54. The van der Waals surface area contributed by atoms with Crippen molar-refractivity contribution in [2.45, 2.75) is 44.1 Å². The van der Waals surface area contributed by atoms with Gasteiger partial charge in [-0.05, 0) is 49.1 Å². The number of para-hydroxylation sites is 1. The molecule has 2 atom stereocenters.